The molecule has 2 aromatic heterocycles. The predicted octanol–water partition coefficient (Wildman–Crippen LogP) is 3.06. The van der Waals surface area contributed by atoms with Crippen LogP contribution in [0.2, 0.25) is 0 Å². The van der Waals surface area contributed by atoms with Gasteiger partial charge in [-0.05, 0) is 29.5 Å². The molecule has 0 aliphatic heterocycles. The smallest absolute Gasteiger partial charge is 0.372 e. The van der Waals surface area contributed by atoms with Gasteiger partial charge < -0.3 is 21.2 Å². The Kier molecular flexibility index (Phi) is 3.22. The fourth-order valence-electron chi connectivity index (χ4n) is 2.12. The molecule has 21 heavy (non-hydrogen) atoms. The van der Waals surface area contributed by atoms with Gasteiger partial charge in [0.1, 0.15) is 6.20 Å². The van der Waals surface area contributed by atoms with Gasteiger partial charge in [0.2, 0.25) is 5.82 Å². The summed E-state index contributed by atoms with van der Waals surface area (Å²) in [6.45, 7) is 1.92. The lowest BCUT2D eigenvalue weighted by Crippen LogP contribution is -2.08. The van der Waals surface area contributed by atoms with Gasteiger partial charge in [0.25, 0.3) is 4.96 Å². The molecule has 1 aromatic carbocycles. The SMILES string of the molecule is CC(Nc1nc2sccn2c1[N+](=O)[O-])c1ccc(N)cc1. The number of anilines is 2. The van der Waals surface area contributed by atoms with Crippen LogP contribution in [0.1, 0.15) is 18.5 Å². The van der Waals surface area contributed by atoms with E-state index in [1.54, 1.807) is 23.7 Å². The van der Waals surface area contributed by atoms with Crippen LogP contribution in [0.3, 0.4) is 0 Å². The molecule has 0 bridgehead atoms. The Morgan fingerprint density at radius 2 is 2.14 bits per heavy atom. The minimum absolute atomic E-state index is 0.0476. The number of thiazole rings is 1. The number of fused-ring (bicyclic) bond motifs is 1. The third-order valence-corrected chi connectivity index (χ3v) is 3.96. The molecule has 108 valence electrons. The highest BCUT2D eigenvalue weighted by molar-refractivity contribution is 7.15. The van der Waals surface area contributed by atoms with Gasteiger partial charge in [0, 0.05) is 11.1 Å². The lowest BCUT2D eigenvalue weighted by atomic mass is 10.1. The standard InChI is InChI=1S/C13H13N5O2S/c1-8(9-2-4-10(14)5-3-9)15-11-12(18(19)20)17-6-7-21-13(17)16-11/h2-8,15H,14H2,1H3. The van der Waals surface area contributed by atoms with E-state index in [9.17, 15) is 10.1 Å². The quantitative estimate of drug-likeness (QED) is 0.438. The third-order valence-electron chi connectivity index (χ3n) is 3.20. The van der Waals surface area contributed by atoms with E-state index in [1.165, 1.54) is 15.7 Å². The largest absolute Gasteiger partial charge is 0.399 e. The minimum atomic E-state index is -0.426. The minimum Gasteiger partial charge on any atom is -0.399 e. The van der Waals surface area contributed by atoms with Crippen LogP contribution in [0.25, 0.3) is 4.96 Å². The van der Waals surface area contributed by atoms with Crippen molar-refractivity contribution in [3.63, 3.8) is 0 Å². The number of nitrogens with two attached hydrogens (primary N) is 1. The van der Waals surface area contributed by atoms with E-state index < -0.39 is 4.92 Å². The maximum Gasteiger partial charge on any atom is 0.372 e. The average Bonchev–Trinajstić information content (AvgIpc) is 2.98. The van der Waals surface area contributed by atoms with Crippen molar-refractivity contribution in [2.45, 2.75) is 13.0 Å². The molecule has 0 spiro atoms. The molecule has 0 saturated heterocycles. The number of hydrogen-bond acceptors (Lipinski definition) is 6. The van der Waals surface area contributed by atoms with Crippen molar-refractivity contribution >= 4 is 33.6 Å². The van der Waals surface area contributed by atoms with Crippen LogP contribution >= 0.6 is 11.3 Å². The predicted molar refractivity (Wildman–Crippen MR) is 82.6 cm³/mol. The maximum atomic E-state index is 11.3. The van der Waals surface area contributed by atoms with E-state index >= 15 is 0 Å². The zero-order valence-corrected chi connectivity index (χ0v) is 12.0. The number of nitrogens with zero attached hydrogens (tertiary/aromatic N) is 3. The van der Waals surface area contributed by atoms with E-state index in [4.69, 9.17) is 5.73 Å². The van der Waals surface area contributed by atoms with Gasteiger partial charge in [0.05, 0.1) is 6.04 Å². The van der Waals surface area contributed by atoms with Gasteiger partial charge in [-0.1, -0.05) is 23.5 Å². The molecule has 0 aliphatic rings. The third kappa shape index (κ3) is 2.40. The monoisotopic (exact) mass is 303 g/mol. The molecule has 0 radical (unpaired) electrons. The van der Waals surface area contributed by atoms with Crippen molar-refractivity contribution in [3.05, 3.63) is 51.5 Å². The summed E-state index contributed by atoms with van der Waals surface area (Å²) >= 11 is 1.36. The Morgan fingerprint density at radius 1 is 1.43 bits per heavy atom. The summed E-state index contributed by atoms with van der Waals surface area (Å²) in [5.41, 5.74) is 7.32. The highest BCUT2D eigenvalue weighted by atomic mass is 32.1. The summed E-state index contributed by atoms with van der Waals surface area (Å²) in [4.78, 5) is 15.7. The van der Waals surface area contributed by atoms with Gasteiger partial charge >= 0.3 is 5.82 Å². The van der Waals surface area contributed by atoms with Crippen molar-refractivity contribution in [3.8, 4) is 0 Å². The van der Waals surface area contributed by atoms with Gasteiger partial charge in [-0.25, -0.2) is 0 Å². The highest BCUT2D eigenvalue weighted by Crippen LogP contribution is 2.30. The molecule has 3 N–H and O–H groups in total. The van der Waals surface area contributed by atoms with Gasteiger partial charge in [-0.2, -0.15) is 9.38 Å². The van der Waals surface area contributed by atoms with Crippen molar-refractivity contribution in [2.75, 3.05) is 11.1 Å². The Morgan fingerprint density at radius 3 is 2.81 bits per heavy atom. The molecule has 1 atom stereocenters. The summed E-state index contributed by atoms with van der Waals surface area (Å²) in [7, 11) is 0. The number of nitrogen functional groups attached to an aromatic ring is 1. The van der Waals surface area contributed by atoms with Crippen LogP contribution in [0, 0.1) is 10.1 Å². The molecule has 0 saturated carbocycles. The molecular formula is C13H13N5O2S. The van der Waals surface area contributed by atoms with Crippen LogP contribution in [-0.2, 0) is 0 Å². The fraction of sp³-hybridized carbons (Fsp3) is 0.154. The summed E-state index contributed by atoms with van der Waals surface area (Å²) in [6, 6.07) is 7.25. The number of benzene rings is 1. The van der Waals surface area contributed by atoms with E-state index in [1.807, 2.05) is 19.1 Å². The van der Waals surface area contributed by atoms with Crippen LogP contribution in [0.4, 0.5) is 17.3 Å². The normalized spacial score (nSPS) is 12.4. The van der Waals surface area contributed by atoms with Crippen LogP contribution < -0.4 is 11.1 Å². The summed E-state index contributed by atoms with van der Waals surface area (Å²) in [6.07, 6.45) is 1.64. The first kappa shape index (κ1) is 13.4. The summed E-state index contributed by atoms with van der Waals surface area (Å²) in [5.74, 6) is 0.227. The van der Waals surface area contributed by atoms with Crippen molar-refractivity contribution < 1.29 is 4.92 Å². The second kappa shape index (κ2) is 5.06. The molecule has 3 rings (SSSR count). The zero-order valence-electron chi connectivity index (χ0n) is 11.2. The Balaban J connectivity index is 1.93. The van der Waals surface area contributed by atoms with E-state index in [2.05, 4.69) is 10.3 Å². The molecule has 0 aliphatic carbocycles. The Hall–Kier alpha value is -2.61. The molecule has 1 unspecified atom stereocenters. The lowest BCUT2D eigenvalue weighted by Gasteiger charge is -2.13. The van der Waals surface area contributed by atoms with E-state index in [-0.39, 0.29) is 17.7 Å². The Labute approximate surface area is 124 Å². The van der Waals surface area contributed by atoms with Crippen molar-refractivity contribution in [1.82, 2.24) is 9.38 Å². The van der Waals surface area contributed by atoms with Crippen molar-refractivity contribution in [1.29, 1.82) is 0 Å². The molecule has 7 nitrogen and oxygen atoms in total. The average molecular weight is 303 g/mol. The number of nitrogens with one attached hydrogen (secondary N) is 1. The van der Waals surface area contributed by atoms with Gasteiger partial charge in [-0.15, -0.1) is 0 Å². The lowest BCUT2D eigenvalue weighted by molar-refractivity contribution is -0.389. The van der Waals surface area contributed by atoms with Crippen LogP contribution in [-0.4, -0.2) is 14.3 Å². The molecule has 0 amide bonds. The fourth-order valence-corrected chi connectivity index (χ4v) is 2.83. The number of nitro groups is 1. The highest BCUT2D eigenvalue weighted by Gasteiger charge is 2.24. The second-order valence-corrected chi connectivity index (χ2v) is 5.50. The first-order valence-electron chi connectivity index (χ1n) is 6.28. The van der Waals surface area contributed by atoms with Crippen LogP contribution in [0.15, 0.2) is 35.8 Å². The second-order valence-electron chi connectivity index (χ2n) is 4.63. The summed E-state index contributed by atoms with van der Waals surface area (Å²) in [5, 5.41) is 16.1. The first-order valence-corrected chi connectivity index (χ1v) is 7.16. The molecular weight excluding hydrogens is 290 g/mol. The number of aromatic nitrogens is 2. The molecule has 2 heterocycles. The van der Waals surface area contributed by atoms with Crippen molar-refractivity contribution in [2.24, 2.45) is 0 Å². The molecule has 0 fully saturated rings. The number of hydrogen-bond donors (Lipinski definition) is 2. The van der Waals surface area contributed by atoms with Gasteiger partial charge in [-0.3, -0.25) is 0 Å². The zero-order chi connectivity index (χ0) is 15.0. The summed E-state index contributed by atoms with van der Waals surface area (Å²) < 4.78 is 1.47. The van der Waals surface area contributed by atoms with Crippen LogP contribution in [0.5, 0.6) is 0 Å². The number of imidazole rings is 1. The first-order chi connectivity index (χ1) is 10.1. The molecule has 3 aromatic rings. The Bertz CT molecular complexity index is 793. The molecule has 8 heteroatoms. The number of rotatable bonds is 4. The topological polar surface area (TPSA) is 98.5 Å². The van der Waals surface area contributed by atoms with E-state index in [0.29, 0.717) is 10.6 Å². The van der Waals surface area contributed by atoms with Gasteiger partial charge in [0.15, 0.2) is 0 Å². The maximum absolute atomic E-state index is 11.3. The van der Waals surface area contributed by atoms with E-state index in [0.717, 1.165) is 5.56 Å².